The molecule has 104 valence electrons. The average Bonchev–Trinajstić information content (AvgIpc) is 2.75. The van der Waals surface area contributed by atoms with Gasteiger partial charge in [-0.2, -0.15) is 0 Å². The number of hydrogen-bond acceptors (Lipinski definition) is 2. The first-order chi connectivity index (χ1) is 9.06. The number of rotatable bonds is 5. The first-order valence-corrected chi connectivity index (χ1v) is 7.97. The van der Waals surface area contributed by atoms with Crippen molar-refractivity contribution in [3.05, 3.63) is 22.6 Å². The van der Waals surface area contributed by atoms with Crippen LogP contribution in [0.2, 0.25) is 0 Å². The molecule has 2 atom stereocenters. The van der Waals surface area contributed by atoms with Crippen LogP contribution in [0.1, 0.15) is 45.5 Å². The molecular weight excluding hydrogens is 326 g/mol. The van der Waals surface area contributed by atoms with E-state index in [1.165, 1.54) is 6.42 Å². The summed E-state index contributed by atoms with van der Waals surface area (Å²) in [6.07, 6.45) is 4.12. The number of fused-ring (bicyclic) bond motifs is 1. The van der Waals surface area contributed by atoms with Gasteiger partial charge in [-0.1, -0.05) is 20.3 Å². The largest absolute Gasteiger partial charge is 0.309 e. The summed E-state index contributed by atoms with van der Waals surface area (Å²) in [5.41, 5.74) is 1.83. The molecule has 0 saturated carbocycles. The van der Waals surface area contributed by atoms with Crippen LogP contribution in [-0.2, 0) is 5.88 Å². The molecule has 19 heavy (non-hydrogen) atoms. The van der Waals surface area contributed by atoms with Crippen LogP contribution in [-0.4, -0.2) is 14.5 Å². The number of nitrogens with zero attached hydrogens (tertiary/aromatic N) is 3. The molecule has 0 fully saturated rings. The fourth-order valence-electron chi connectivity index (χ4n) is 2.42. The lowest BCUT2D eigenvalue weighted by molar-refractivity contribution is 0.398. The molecule has 5 heteroatoms. The summed E-state index contributed by atoms with van der Waals surface area (Å²) in [6, 6.07) is 2.35. The molecule has 0 saturated heterocycles. The van der Waals surface area contributed by atoms with E-state index in [2.05, 4.69) is 51.2 Å². The maximum Gasteiger partial charge on any atom is 0.160 e. The van der Waals surface area contributed by atoms with Gasteiger partial charge in [0.1, 0.15) is 11.3 Å². The first-order valence-electron chi connectivity index (χ1n) is 6.65. The van der Waals surface area contributed by atoms with E-state index in [1.807, 2.05) is 12.3 Å². The lowest BCUT2D eigenvalue weighted by Crippen LogP contribution is -2.12. The minimum atomic E-state index is 0.363. The quantitative estimate of drug-likeness (QED) is 0.720. The van der Waals surface area contributed by atoms with Gasteiger partial charge < -0.3 is 4.57 Å². The first kappa shape index (κ1) is 14.8. The van der Waals surface area contributed by atoms with Crippen LogP contribution < -0.4 is 0 Å². The van der Waals surface area contributed by atoms with Crippen molar-refractivity contribution in [1.82, 2.24) is 14.5 Å². The Kier molecular flexibility index (Phi) is 4.85. The van der Waals surface area contributed by atoms with Gasteiger partial charge in [-0.15, -0.1) is 11.6 Å². The summed E-state index contributed by atoms with van der Waals surface area (Å²) in [6.45, 7) is 6.72. The van der Waals surface area contributed by atoms with Gasteiger partial charge in [0.15, 0.2) is 5.65 Å². The van der Waals surface area contributed by atoms with E-state index in [-0.39, 0.29) is 0 Å². The third-order valence-corrected chi connectivity index (χ3v) is 4.24. The minimum Gasteiger partial charge on any atom is -0.309 e. The molecule has 2 rings (SSSR count). The van der Waals surface area contributed by atoms with Crippen LogP contribution in [0.5, 0.6) is 0 Å². The summed E-state index contributed by atoms with van der Waals surface area (Å²) in [5.74, 6) is 2.00. The highest BCUT2D eigenvalue weighted by Gasteiger charge is 2.18. The summed E-state index contributed by atoms with van der Waals surface area (Å²) >= 11 is 9.47. The Morgan fingerprint density at radius 1 is 1.42 bits per heavy atom. The predicted molar refractivity (Wildman–Crippen MR) is 83.6 cm³/mol. The Morgan fingerprint density at radius 2 is 2.16 bits per heavy atom. The molecule has 0 N–H and O–H groups in total. The molecule has 2 unspecified atom stereocenters. The summed E-state index contributed by atoms with van der Waals surface area (Å²) in [4.78, 5) is 9.08. The van der Waals surface area contributed by atoms with Gasteiger partial charge in [-0.05, 0) is 41.3 Å². The third kappa shape index (κ3) is 3.11. The molecule has 0 amide bonds. The van der Waals surface area contributed by atoms with E-state index in [0.29, 0.717) is 17.8 Å². The maximum atomic E-state index is 6.04. The Hall–Kier alpha value is -0.610. The van der Waals surface area contributed by atoms with Gasteiger partial charge in [0.2, 0.25) is 0 Å². The molecule has 0 aliphatic carbocycles. The molecule has 0 spiro atoms. The Morgan fingerprint density at radius 3 is 2.79 bits per heavy atom. The number of hydrogen-bond donors (Lipinski definition) is 0. The highest BCUT2D eigenvalue weighted by atomic mass is 79.9. The van der Waals surface area contributed by atoms with Crippen LogP contribution in [0.4, 0.5) is 0 Å². The van der Waals surface area contributed by atoms with Gasteiger partial charge in [0, 0.05) is 16.7 Å². The van der Waals surface area contributed by atoms with Crippen molar-refractivity contribution >= 4 is 38.7 Å². The van der Waals surface area contributed by atoms with E-state index >= 15 is 0 Å². The lowest BCUT2D eigenvalue weighted by Gasteiger charge is -2.19. The Bertz CT molecular complexity index is 567. The summed E-state index contributed by atoms with van der Waals surface area (Å²) in [5, 5.41) is 0. The Balaban J connectivity index is 2.45. The minimum absolute atomic E-state index is 0.363. The number of aromatic nitrogens is 3. The molecule has 2 aromatic heterocycles. The summed E-state index contributed by atoms with van der Waals surface area (Å²) in [7, 11) is 0. The zero-order valence-corrected chi connectivity index (χ0v) is 13.9. The monoisotopic (exact) mass is 343 g/mol. The van der Waals surface area contributed by atoms with Gasteiger partial charge >= 0.3 is 0 Å². The normalized spacial score (nSPS) is 14.8. The van der Waals surface area contributed by atoms with Crippen molar-refractivity contribution in [1.29, 1.82) is 0 Å². The SMILES string of the molecule is CCC(C)CC(C)n1c(CCl)nc2cc(Br)cnc21. The smallest absolute Gasteiger partial charge is 0.160 e. The maximum absolute atomic E-state index is 6.04. The van der Waals surface area contributed by atoms with Crippen molar-refractivity contribution < 1.29 is 0 Å². The van der Waals surface area contributed by atoms with E-state index in [0.717, 1.165) is 27.9 Å². The molecule has 0 aliphatic heterocycles. The highest BCUT2D eigenvalue weighted by molar-refractivity contribution is 9.10. The number of pyridine rings is 1. The van der Waals surface area contributed by atoms with Crippen molar-refractivity contribution in [2.45, 2.75) is 45.5 Å². The van der Waals surface area contributed by atoms with Crippen molar-refractivity contribution in [3.63, 3.8) is 0 Å². The number of imidazole rings is 1. The second-order valence-corrected chi connectivity index (χ2v) is 6.31. The fourth-order valence-corrected chi connectivity index (χ4v) is 2.92. The molecular formula is C14H19BrClN3. The number of alkyl halides is 1. The van der Waals surface area contributed by atoms with Crippen LogP contribution in [0, 0.1) is 5.92 Å². The lowest BCUT2D eigenvalue weighted by atomic mass is 10.0. The van der Waals surface area contributed by atoms with Crippen molar-refractivity contribution in [2.75, 3.05) is 0 Å². The highest BCUT2D eigenvalue weighted by Crippen LogP contribution is 2.27. The molecule has 0 radical (unpaired) electrons. The molecule has 0 aromatic carbocycles. The van der Waals surface area contributed by atoms with Gasteiger partial charge in [0.25, 0.3) is 0 Å². The predicted octanol–water partition coefficient (Wildman–Crippen LogP) is 4.93. The second-order valence-electron chi connectivity index (χ2n) is 5.13. The van der Waals surface area contributed by atoms with Gasteiger partial charge in [0.05, 0.1) is 5.88 Å². The topological polar surface area (TPSA) is 30.7 Å². The Labute approximate surface area is 127 Å². The van der Waals surface area contributed by atoms with Crippen LogP contribution >= 0.6 is 27.5 Å². The molecule has 0 bridgehead atoms. The van der Waals surface area contributed by atoms with Crippen LogP contribution in [0.3, 0.4) is 0 Å². The zero-order chi connectivity index (χ0) is 14.0. The standard InChI is InChI=1S/C14H19BrClN3/c1-4-9(2)5-10(3)19-13(7-16)18-12-6-11(15)8-17-14(12)19/h6,8-10H,4-5,7H2,1-3H3. The average molecular weight is 345 g/mol. The van der Waals surface area contributed by atoms with E-state index in [1.54, 1.807) is 0 Å². The third-order valence-electron chi connectivity index (χ3n) is 3.57. The van der Waals surface area contributed by atoms with Crippen LogP contribution in [0.25, 0.3) is 11.2 Å². The molecule has 2 aromatic rings. The van der Waals surface area contributed by atoms with E-state index < -0.39 is 0 Å². The molecule has 0 aliphatic rings. The van der Waals surface area contributed by atoms with Crippen LogP contribution in [0.15, 0.2) is 16.7 Å². The van der Waals surface area contributed by atoms with Crippen molar-refractivity contribution in [2.24, 2.45) is 5.92 Å². The fraction of sp³-hybridized carbons (Fsp3) is 0.571. The summed E-state index contributed by atoms with van der Waals surface area (Å²) < 4.78 is 3.13. The van der Waals surface area contributed by atoms with Gasteiger partial charge in [-0.3, -0.25) is 0 Å². The second kappa shape index (κ2) is 6.23. The zero-order valence-electron chi connectivity index (χ0n) is 11.5. The van der Waals surface area contributed by atoms with E-state index in [4.69, 9.17) is 11.6 Å². The van der Waals surface area contributed by atoms with E-state index in [9.17, 15) is 0 Å². The van der Waals surface area contributed by atoms with Gasteiger partial charge in [-0.25, -0.2) is 9.97 Å². The van der Waals surface area contributed by atoms with Crippen molar-refractivity contribution in [3.8, 4) is 0 Å². The molecule has 3 nitrogen and oxygen atoms in total. The number of halogens is 2. The molecule has 2 heterocycles.